The molecule has 0 heterocycles. The third-order valence-electron chi connectivity index (χ3n) is 3.27. The van der Waals surface area contributed by atoms with Gasteiger partial charge in [-0.25, -0.2) is 4.39 Å². The minimum atomic E-state index is -0.873. The van der Waals surface area contributed by atoms with Crippen LogP contribution in [0.3, 0.4) is 0 Å². The van der Waals surface area contributed by atoms with Crippen LogP contribution in [0.1, 0.15) is 44.6 Å². The Morgan fingerprint density at radius 1 is 1.35 bits per heavy atom. The van der Waals surface area contributed by atoms with Gasteiger partial charge in [0.1, 0.15) is 5.82 Å². The van der Waals surface area contributed by atoms with Crippen LogP contribution >= 0.6 is 0 Å². The van der Waals surface area contributed by atoms with Crippen molar-refractivity contribution < 1.29 is 14.3 Å². The smallest absolute Gasteiger partial charge is 0.310 e. The molecule has 0 saturated carbocycles. The summed E-state index contributed by atoms with van der Waals surface area (Å²) in [6.07, 6.45) is 2.48. The Morgan fingerprint density at radius 3 is 2.47 bits per heavy atom. The van der Waals surface area contributed by atoms with E-state index >= 15 is 0 Å². The molecule has 0 amide bonds. The van der Waals surface area contributed by atoms with E-state index in [1.165, 1.54) is 12.1 Å². The summed E-state index contributed by atoms with van der Waals surface area (Å²) in [4.78, 5) is 11.3. The number of carbonyl (C=O) groups is 1. The summed E-state index contributed by atoms with van der Waals surface area (Å²) >= 11 is 0. The lowest BCUT2D eigenvalue weighted by Gasteiger charge is -2.18. The van der Waals surface area contributed by atoms with Gasteiger partial charge in [-0.3, -0.25) is 4.79 Å². The molecule has 1 aromatic carbocycles. The molecule has 0 radical (unpaired) electrons. The molecule has 2 nitrogen and oxygen atoms in total. The highest BCUT2D eigenvalue weighted by Crippen LogP contribution is 2.27. The van der Waals surface area contributed by atoms with Crippen molar-refractivity contribution in [2.24, 2.45) is 5.92 Å². The first-order valence-corrected chi connectivity index (χ1v) is 6.06. The first-order valence-electron chi connectivity index (χ1n) is 6.06. The van der Waals surface area contributed by atoms with Crippen LogP contribution in [-0.2, 0) is 4.79 Å². The lowest BCUT2D eigenvalue weighted by Crippen LogP contribution is -2.16. The maximum Gasteiger partial charge on any atom is 0.310 e. The van der Waals surface area contributed by atoms with Crippen LogP contribution in [0.25, 0.3) is 0 Å². The minimum Gasteiger partial charge on any atom is -0.481 e. The topological polar surface area (TPSA) is 37.3 Å². The average molecular weight is 238 g/mol. The number of benzene rings is 1. The summed E-state index contributed by atoms with van der Waals surface area (Å²) in [5, 5.41) is 9.24. The van der Waals surface area contributed by atoms with Gasteiger partial charge in [-0.15, -0.1) is 0 Å². The van der Waals surface area contributed by atoms with E-state index in [4.69, 9.17) is 0 Å². The monoisotopic (exact) mass is 238 g/mol. The summed E-state index contributed by atoms with van der Waals surface area (Å²) in [6, 6.07) is 5.90. The van der Waals surface area contributed by atoms with Crippen molar-refractivity contribution >= 4 is 5.97 Å². The Kier molecular flexibility index (Phi) is 5.13. The van der Waals surface area contributed by atoms with E-state index in [2.05, 4.69) is 13.8 Å². The molecule has 0 aliphatic carbocycles. The van der Waals surface area contributed by atoms with Crippen molar-refractivity contribution in [3.05, 3.63) is 35.6 Å². The van der Waals surface area contributed by atoms with E-state index in [0.29, 0.717) is 17.9 Å². The predicted molar refractivity (Wildman–Crippen MR) is 65.5 cm³/mol. The van der Waals surface area contributed by atoms with Crippen LogP contribution in [0.15, 0.2) is 24.3 Å². The van der Waals surface area contributed by atoms with Gasteiger partial charge in [0.05, 0.1) is 5.92 Å². The van der Waals surface area contributed by atoms with Crippen molar-refractivity contribution in [1.29, 1.82) is 0 Å². The van der Waals surface area contributed by atoms with Gasteiger partial charge in [0.2, 0.25) is 0 Å². The lowest BCUT2D eigenvalue weighted by molar-refractivity contribution is -0.139. The molecular formula is C14H19FO2. The maximum absolute atomic E-state index is 13.1. The zero-order valence-electron chi connectivity index (χ0n) is 10.3. The predicted octanol–water partition coefficient (Wildman–Crippen LogP) is 3.82. The fourth-order valence-electron chi connectivity index (χ4n) is 2.06. The summed E-state index contributed by atoms with van der Waals surface area (Å²) in [6.45, 7) is 4.11. The average Bonchev–Trinajstić information content (AvgIpc) is 2.30. The fraction of sp³-hybridized carbons (Fsp3) is 0.500. The normalized spacial score (nSPS) is 12.7. The van der Waals surface area contributed by atoms with Gasteiger partial charge >= 0.3 is 5.97 Å². The van der Waals surface area contributed by atoms with E-state index in [1.54, 1.807) is 12.1 Å². The molecule has 17 heavy (non-hydrogen) atoms. The Bertz CT molecular complexity index is 372. The Balaban J connectivity index is 2.89. The standard InChI is InChI=1S/C14H19FO2/c1-3-10(4-2)8-13(14(16)17)11-6-5-7-12(15)9-11/h5-7,9-10,13H,3-4,8H2,1-2H3,(H,16,17). The molecule has 0 spiro atoms. The van der Waals surface area contributed by atoms with Gasteiger partial charge in [0.15, 0.2) is 0 Å². The van der Waals surface area contributed by atoms with E-state index in [-0.39, 0.29) is 5.82 Å². The second-order valence-corrected chi connectivity index (χ2v) is 4.36. The van der Waals surface area contributed by atoms with Crippen LogP contribution < -0.4 is 0 Å². The first-order chi connectivity index (χ1) is 8.08. The number of halogens is 1. The van der Waals surface area contributed by atoms with Crippen molar-refractivity contribution in [1.82, 2.24) is 0 Å². The highest BCUT2D eigenvalue weighted by atomic mass is 19.1. The maximum atomic E-state index is 13.1. The molecule has 0 fully saturated rings. The molecule has 0 aliphatic rings. The molecule has 0 saturated heterocycles. The Labute approximate surface area is 101 Å². The first kappa shape index (κ1) is 13.7. The van der Waals surface area contributed by atoms with Gasteiger partial charge in [-0.05, 0) is 30.0 Å². The van der Waals surface area contributed by atoms with Crippen LogP contribution in [0, 0.1) is 11.7 Å². The number of rotatable bonds is 6. The van der Waals surface area contributed by atoms with Crippen LogP contribution in [0.4, 0.5) is 4.39 Å². The van der Waals surface area contributed by atoms with Crippen molar-refractivity contribution in [2.45, 2.75) is 39.0 Å². The lowest BCUT2D eigenvalue weighted by atomic mass is 9.86. The minimum absolute atomic E-state index is 0.374. The van der Waals surface area contributed by atoms with Crippen LogP contribution in [0.5, 0.6) is 0 Å². The zero-order valence-corrected chi connectivity index (χ0v) is 10.3. The molecule has 1 N–H and O–H groups in total. The molecule has 1 rings (SSSR count). The molecule has 1 atom stereocenters. The van der Waals surface area contributed by atoms with Gasteiger partial charge < -0.3 is 5.11 Å². The van der Waals surface area contributed by atoms with E-state index < -0.39 is 11.9 Å². The second-order valence-electron chi connectivity index (χ2n) is 4.36. The summed E-state index contributed by atoms with van der Waals surface area (Å²) in [5.74, 6) is -1.48. The number of carboxylic acid groups (broad SMARTS) is 1. The highest BCUT2D eigenvalue weighted by Gasteiger charge is 2.23. The molecule has 1 aromatic rings. The number of aliphatic carboxylic acids is 1. The van der Waals surface area contributed by atoms with E-state index in [9.17, 15) is 14.3 Å². The number of hydrogen-bond acceptors (Lipinski definition) is 1. The molecule has 0 aliphatic heterocycles. The quantitative estimate of drug-likeness (QED) is 0.818. The number of carboxylic acids is 1. The van der Waals surface area contributed by atoms with Crippen molar-refractivity contribution in [3.8, 4) is 0 Å². The van der Waals surface area contributed by atoms with Gasteiger partial charge in [-0.1, -0.05) is 38.8 Å². The summed E-state index contributed by atoms with van der Waals surface area (Å²) in [7, 11) is 0. The molecule has 94 valence electrons. The molecule has 0 aromatic heterocycles. The van der Waals surface area contributed by atoms with Crippen LogP contribution in [-0.4, -0.2) is 11.1 Å². The Morgan fingerprint density at radius 2 is 2.00 bits per heavy atom. The second kappa shape index (κ2) is 6.38. The van der Waals surface area contributed by atoms with Crippen molar-refractivity contribution in [2.75, 3.05) is 0 Å². The van der Waals surface area contributed by atoms with Crippen LogP contribution in [0.2, 0.25) is 0 Å². The Hall–Kier alpha value is -1.38. The SMILES string of the molecule is CCC(CC)CC(C(=O)O)c1cccc(F)c1. The molecular weight excluding hydrogens is 219 g/mol. The zero-order chi connectivity index (χ0) is 12.8. The summed E-state index contributed by atoms with van der Waals surface area (Å²) < 4.78 is 13.1. The third kappa shape index (κ3) is 3.84. The molecule has 0 bridgehead atoms. The van der Waals surface area contributed by atoms with Gasteiger partial charge in [-0.2, -0.15) is 0 Å². The highest BCUT2D eigenvalue weighted by molar-refractivity contribution is 5.76. The van der Waals surface area contributed by atoms with Crippen molar-refractivity contribution in [3.63, 3.8) is 0 Å². The largest absolute Gasteiger partial charge is 0.481 e. The van der Waals surface area contributed by atoms with E-state index in [1.807, 2.05) is 0 Å². The summed E-state index contributed by atoms with van der Waals surface area (Å²) in [5.41, 5.74) is 0.560. The van der Waals surface area contributed by atoms with E-state index in [0.717, 1.165) is 12.8 Å². The number of hydrogen-bond donors (Lipinski definition) is 1. The third-order valence-corrected chi connectivity index (χ3v) is 3.27. The molecule has 3 heteroatoms. The fourth-order valence-corrected chi connectivity index (χ4v) is 2.06. The van der Waals surface area contributed by atoms with Gasteiger partial charge in [0, 0.05) is 0 Å². The molecule has 1 unspecified atom stereocenters. The van der Waals surface area contributed by atoms with Gasteiger partial charge in [0.25, 0.3) is 0 Å².